The zero-order valence-corrected chi connectivity index (χ0v) is 10.3. The van der Waals surface area contributed by atoms with Crippen LogP contribution in [0.25, 0.3) is 0 Å². The highest BCUT2D eigenvalue weighted by Crippen LogP contribution is 2.18. The summed E-state index contributed by atoms with van der Waals surface area (Å²) < 4.78 is 0. The predicted molar refractivity (Wildman–Crippen MR) is 70.1 cm³/mol. The minimum absolute atomic E-state index is 0.0987. The Balaban J connectivity index is 2.06. The van der Waals surface area contributed by atoms with Crippen LogP contribution in [0.5, 0.6) is 0 Å². The van der Waals surface area contributed by atoms with E-state index in [4.69, 9.17) is 5.73 Å². The minimum Gasteiger partial charge on any atom is -0.399 e. The first-order chi connectivity index (χ1) is 8.13. The van der Waals surface area contributed by atoms with Gasteiger partial charge in [0.25, 0.3) is 0 Å². The van der Waals surface area contributed by atoms with E-state index in [1.165, 1.54) is 18.3 Å². The van der Waals surface area contributed by atoms with Crippen molar-refractivity contribution >= 4 is 28.1 Å². The Morgan fingerprint density at radius 1 is 1.41 bits per heavy atom. The first-order valence-electron chi connectivity index (χ1n) is 5.20. The van der Waals surface area contributed by atoms with Crippen LogP contribution in [-0.4, -0.2) is 10.9 Å². The molecule has 0 radical (unpaired) electrons. The fourth-order valence-corrected chi connectivity index (χ4v) is 2.20. The van der Waals surface area contributed by atoms with Crippen LogP contribution >= 0.6 is 11.3 Å². The van der Waals surface area contributed by atoms with E-state index in [9.17, 15) is 4.79 Å². The van der Waals surface area contributed by atoms with Gasteiger partial charge < -0.3 is 11.1 Å². The van der Waals surface area contributed by atoms with Crippen molar-refractivity contribution in [2.75, 3.05) is 11.1 Å². The number of amides is 1. The molecule has 0 saturated heterocycles. The first kappa shape index (κ1) is 11.6. The van der Waals surface area contributed by atoms with Crippen LogP contribution in [-0.2, 0) is 11.2 Å². The van der Waals surface area contributed by atoms with Crippen molar-refractivity contribution in [2.45, 2.75) is 13.3 Å². The molecule has 88 valence electrons. The molecule has 17 heavy (non-hydrogen) atoms. The number of nitrogens with zero attached hydrogens (tertiary/aromatic N) is 1. The maximum absolute atomic E-state index is 10.9. The molecule has 3 N–H and O–H groups in total. The van der Waals surface area contributed by atoms with E-state index < -0.39 is 0 Å². The maximum Gasteiger partial charge on any atom is 0.223 e. The summed E-state index contributed by atoms with van der Waals surface area (Å²) in [6.07, 6.45) is 0.746. The number of carbonyl (C=O) groups excluding carboxylic acids is 1. The maximum atomic E-state index is 10.9. The molecular formula is C12H13N3OS. The molecule has 1 heterocycles. The smallest absolute Gasteiger partial charge is 0.223 e. The van der Waals surface area contributed by atoms with Gasteiger partial charge in [-0.15, -0.1) is 11.3 Å². The van der Waals surface area contributed by atoms with E-state index in [1.54, 1.807) is 0 Å². The second-order valence-electron chi connectivity index (χ2n) is 3.74. The van der Waals surface area contributed by atoms with Crippen LogP contribution in [0.4, 0.5) is 10.8 Å². The number of aromatic nitrogens is 1. The lowest BCUT2D eigenvalue weighted by Crippen LogP contribution is -2.05. The molecule has 0 aliphatic heterocycles. The topological polar surface area (TPSA) is 68.0 Å². The van der Waals surface area contributed by atoms with E-state index in [1.807, 2.05) is 29.6 Å². The molecule has 0 aliphatic rings. The molecule has 2 rings (SSSR count). The Morgan fingerprint density at radius 3 is 2.76 bits per heavy atom. The fourth-order valence-electron chi connectivity index (χ4n) is 1.44. The molecule has 0 aliphatic carbocycles. The van der Waals surface area contributed by atoms with Gasteiger partial charge in [-0.2, -0.15) is 0 Å². The summed E-state index contributed by atoms with van der Waals surface area (Å²) in [5.41, 5.74) is 8.47. The van der Waals surface area contributed by atoms with Gasteiger partial charge in [-0.05, 0) is 17.7 Å². The van der Waals surface area contributed by atoms with Gasteiger partial charge in [-0.3, -0.25) is 4.79 Å². The third-order valence-electron chi connectivity index (χ3n) is 2.20. The molecule has 0 unspecified atom stereocenters. The second-order valence-corrected chi connectivity index (χ2v) is 4.60. The molecule has 5 heteroatoms. The number of carbonyl (C=O) groups is 1. The zero-order chi connectivity index (χ0) is 12.3. The number of anilines is 2. The minimum atomic E-state index is -0.0987. The van der Waals surface area contributed by atoms with Gasteiger partial charge in [-0.1, -0.05) is 12.1 Å². The van der Waals surface area contributed by atoms with E-state index >= 15 is 0 Å². The van der Waals surface area contributed by atoms with Crippen molar-refractivity contribution in [3.8, 4) is 0 Å². The third kappa shape index (κ3) is 3.29. The Labute approximate surface area is 103 Å². The molecule has 0 spiro atoms. The Kier molecular flexibility index (Phi) is 3.39. The Bertz CT molecular complexity index is 519. The van der Waals surface area contributed by atoms with E-state index in [-0.39, 0.29) is 5.91 Å². The van der Waals surface area contributed by atoms with Gasteiger partial charge in [0.2, 0.25) is 5.91 Å². The summed E-state index contributed by atoms with van der Waals surface area (Å²) in [6, 6.07) is 7.70. The van der Waals surface area contributed by atoms with Crippen molar-refractivity contribution in [1.29, 1.82) is 0 Å². The van der Waals surface area contributed by atoms with Crippen LogP contribution in [0.1, 0.15) is 18.2 Å². The van der Waals surface area contributed by atoms with Crippen LogP contribution in [0.2, 0.25) is 0 Å². The molecule has 1 amide bonds. The summed E-state index contributed by atoms with van der Waals surface area (Å²) in [4.78, 5) is 15.2. The highest BCUT2D eigenvalue weighted by Gasteiger charge is 2.04. The van der Waals surface area contributed by atoms with Crippen molar-refractivity contribution in [2.24, 2.45) is 0 Å². The van der Waals surface area contributed by atoms with Crippen molar-refractivity contribution in [3.63, 3.8) is 0 Å². The molecule has 0 saturated carbocycles. The van der Waals surface area contributed by atoms with Crippen molar-refractivity contribution in [1.82, 2.24) is 4.98 Å². The van der Waals surface area contributed by atoms with Gasteiger partial charge in [0.1, 0.15) is 0 Å². The average Bonchev–Trinajstić information content (AvgIpc) is 2.68. The summed E-state index contributed by atoms with van der Waals surface area (Å²) in [5, 5.41) is 5.26. The first-order valence-corrected chi connectivity index (χ1v) is 6.08. The van der Waals surface area contributed by atoms with Crippen LogP contribution in [0, 0.1) is 0 Å². The average molecular weight is 247 g/mol. The number of nitrogens with one attached hydrogen (secondary N) is 1. The van der Waals surface area contributed by atoms with Crippen LogP contribution in [0.3, 0.4) is 0 Å². The number of rotatable bonds is 3. The summed E-state index contributed by atoms with van der Waals surface area (Å²) in [7, 11) is 0. The van der Waals surface area contributed by atoms with Crippen molar-refractivity contribution < 1.29 is 4.79 Å². The third-order valence-corrected chi connectivity index (χ3v) is 3.01. The fraction of sp³-hybridized carbons (Fsp3) is 0.167. The summed E-state index contributed by atoms with van der Waals surface area (Å²) in [6.45, 7) is 1.47. The summed E-state index contributed by atoms with van der Waals surface area (Å²) >= 11 is 1.43. The number of nitrogen functional groups attached to an aromatic ring is 1. The van der Waals surface area contributed by atoms with Gasteiger partial charge in [0.05, 0.1) is 5.69 Å². The summed E-state index contributed by atoms with van der Waals surface area (Å²) in [5.74, 6) is -0.0987. The number of thiazole rings is 1. The van der Waals surface area contributed by atoms with E-state index in [2.05, 4.69) is 10.3 Å². The molecule has 1 aromatic heterocycles. The normalized spacial score (nSPS) is 10.2. The Hall–Kier alpha value is -1.88. The highest BCUT2D eigenvalue weighted by atomic mass is 32.1. The molecule has 0 fully saturated rings. The number of hydrogen-bond acceptors (Lipinski definition) is 4. The number of benzene rings is 1. The predicted octanol–water partition coefficient (Wildman–Crippen LogP) is 2.27. The van der Waals surface area contributed by atoms with Crippen LogP contribution in [0.15, 0.2) is 29.6 Å². The number of hydrogen-bond donors (Lipinski definition) is 2. The lowest BCUT2D eigenvalue weighted by molar-refractivity contribution is -0.114. The molecule has 4 nitrogen and oxygen atoms in total. The SMILES string of the molecule is CC(=O)Nc1nc(Cc2ccc(N)cc2)cs1. The quantitative estimate of drug-likeness (QED) is 0.817. The molecule has 1 aromatic carbocycles. The van der Waals surface area contributed by atoms with E-state index in [0.29, 0.717) is 5.13 Å². The van der Waals surface area contributed by atoms with Gasteiger partial charge in [-0.25, -0.2) is 4.98 Å². The monoisotopic (exact) mass is 247 g/mol. The number of nitrogens with two attached hydrogens (primary N) is 1. The lowest BCUT2D eigenvalue weighted by atomic mass is 10.1. The molecule has 2 aromatic rings. The lowest BCUT2D eigenvalue weighted by Gasteiger charge is -1.99. The van der Waals surface area contributed by atoms with Gasteiger partial charge >= 0.3 is 0 Å². The van der Waals surface area contributed by atoms with E-state index in [0.717, 1.165) is 23.4 Å². The highest BCUT2D eigenvalue weighted by molar-refractivity contribution is 7.13. The molecule has 0 bridgehead atoms. The van der Waals surface area contributed by atoms with Crippen LogP contribution < -0.4 is 11.1 Å². The molecular weight excluding hydrogens is 234 g/mol. The standard InChI is InChI=1S/C12H13N3OS/c1-8(16)14-12-15-11(7-17-12)6-9-2-4-10(13)5-3-9/h2-5,7H,6,13H2,1H3,(H,14,15,16). The van der Waals surface area contributed by atoms with Gasteiger partial charge in [0, 0.05) is 24.4 Å². The van der Waals surface area contributed by atoms with Crippen molar-refractivity contribution in [3.05, 3.63) is 40.9 Å². The van der Waals surface area contributed by atoms with Gasteiger partial charge in [0.15, 0.2) is 5.13 Å². The second kappa shape index (κ2) is 4.97. The molecule has 0 atom stereocenters. The Morgan fingerprint density at radius 2 is 2.12 bits per heavy atom. The zero-order valence-electron chi connectivity index (χ0n) is 9.43. The largest absolute Gasteiger partial charge is 0.399 e.